The first-order chi connectivity index (χ1) is 8.15. The number of hydrogen-bond acceptors (Lipinski definition) is 3. The van der Waals surface area contributed by atoms with Crippen molar-refractivity contribution in [2.75, 3.05) is 10.6 Å². The number of urea groups is 1. The lowest BCUT2D eigenvalue weighted by atomic mass is 10.3. The second kappa shape index (κ2) is 5.11. The van der Waals surface area contributed by atoms with Crippen LogP contribution in [0, 0.1) is 5.82 Å². The number of carbonyl (C=O) groups excluding carboxylic acids is 1. The van der Waals surface area contributed by atoms with Crippen LogP contribution in [0.1, 0.15) is 0 Å². The van der Waals surface area contributed by atoms with E-state index in [1.807, 2.05) is 0 Å². The average molecular weight is 272 g/mol. The molecule has 7 heteroatoms. The summed E-state index contributed by atoms with van der Waals surface area (Å²) in [7, 11) is 0. The van der Waals surface area contributed by atoms with Crippen molar-refractivity contribution >= 4 is 39.8 Å². The number of aromatic nitrogens is 1. The fourth-order valence-electron chi connectivity index (χ4n) is 1.12. The molecule has 2 aromatic rings. The van der Waals surface area contributed by atoms with Crippen LogP contribution in [0.5, 0.6) is 0 Å². The molecule has 0 atom stereocenters. The summed E-state index contributed by atoms with van der Waals surface area (Å²) < 4.78 is 12.9. The Morgan fingerprint density at radius 1 is 1.41 bits per heavy atom. The molecule has 2 amide bonds. The van der Waals surface area contributed by atoms with E-state index in [1.54, 1.807) is 11.6 Å². The second-order valence-electron chi connectivity index (χ2n) is 3.05. The van der Waals surface area contributed by atoms with Gasteiger partial charge < -0.3 is 5.32 Å². The maximum absolute atomic E-state index is 12.9. The molecular weight excluding hydrogens is 265 g/mol. The lowest BCUT2D eigenvalue weighted by Gasteiger charge is -2.05. The summed E-state index contributed by atoms with van der Waals surface area (Å²) in [5, 5.41) is 7.22. The van der Waals surface area contributed by atoms with E-state index in [0.717, 1.165) is 0 Å². The van der Waals surface area contributed by atoms with Gasteiger partial charge in [0.2, 0.25) is 0 Å². The van der Waals surface area contributed by atoms with Crippen molar-refractivity contribution in [3.8, 4) is 0 Å². The SMILES string of the molecule is O=C(Nc1ccc(F)c(Cl)c1)Nc1nccs1. The highest BCUT2D eigenvalue weighted by Crippen LogP contribution is 2.19. The molecule has 2 N–H and O–H groups in total. The second-order valence-corrected chi connectivity index (χ2v) is 4.35. The third kappa shape index (κ3) is 3.15. The van der Waals surface area contributed by atoms with Crippen molar-refractivity contribution in [3.05, 3.63) is 40.6 Å². The normalized spacial score (nSPS) is 10.0. The molecule has 1 heterocycles. The molecule has 0 unspecified atom stereocenters. The molecule has 0 aliphatic rings. The zero-order chi connectivity index (χ0) is 12.3. The van der Waals surface area contributed by atoms with Crippen LogP contribution in [0.3, 0.4) is 0 Å². The number of thiazole rings is 1. The first kappa shape index (κ1) is 11.8. The molecule has 1 aromatic heterocycles. The van der Waals surface area contributed by atoms with Crippen LogP contribution in [0.2, 0.25) is 5.02 Å². The molecule has 2 rings (SSSR count). The lowest BCUT2D eigenvalue weighted by Crippen LogP contribution is -2.19. The third-order valence-electron chi connectivity index (χ3n) is 1.83. The smallest absolute Gasteiger partial charge is 0.308 e. The highest BCUT2D eigenvalue weighted by molar-refractivity contribution is 7.13. The molecule has 88 valence electrons. The van der Waals surface area contributed by atoms with Crippen molar-refractivity contribution in [3.63, 3.8) is 0 Å². The fourth-order valence-corrected chi connectivity index (χ4v) is 1.82. The van der Waals surface area contributed by atoms with Crippen LogP contribution >= 0.6 is 22.9 Å². The van der Waals surface area contributed by atoms with Crippen molar-refractivity contribution < 1.29 is 9.18 Å². The number of carbonyl (C=O) groups is 1. The summed E-state index contributed by atoms with van der Waals surface area (Å²) in [5.41, 5.74) is 0.408. The fraction of sp³-hybridized carbons (Fsp3) is 0. The van der Waals surface area contributed by atoms with Crippen LogP contribution in [0.25, 0.3) is 0 Å². The molecule has 4 nitrogen and oxygen atoms in total. The predicted octanol–water partition coefficient (Wildman–Crippen LogP) is 3.58. The van der Waals surface area contributed by atoms with Gasteiger partial charge in [0.05, 0.1) is 5.02 Å². The predicted molar refractivity (Wildman–Crippen MR) is 66.2 cm³/mol. The summed E-state index contributed by atoms with van der Waals surface area (Å²) in [6, 6.07) is 3.48. The van der Waals surface area contributed by atoms with Crippen molar-refractivity contribution in [2.24, 2.45) is 0 Å². The summed E-state index contributed by atoms with van der Waals surface area (Å²) in [5.74, 6) is -0.530. The Balaban J connectivity index is 2.00. The van der Waals surface area contributed by atoms with E-state index >= 15 is 0 Å². The van der Waals surface area contributed by atoms with E-state index < -0.39 is 11.8 Å². The Morgan fingerprint density at radius 3 is 2.88 bits per heavy atom. The number of rotatable bonds is 2. The van der Waals surface area contributed by atoms with Gasteiger partial charge in [-0.3, -0.25) is 5.32 Å². The molecule has 0 aliphatic carbocycles. The van der Waals surface area contributed by atoms with Gasteiger partial charge in [-0.25, -0.2) is 14.2 Å². The topological polar surface area (TPSA) is 54.0 Å². The molecule has 0 fully saturated rings. The van der Waals surface area contributed by atoms with E-state index in [9.17, 15) is 9.18 Å². The number of anilines is 2. The van der Waals surface area contributed by atoms with Gasteiger partial charge >= 0.3 is 6.03 Å². The summed E-state index contributed by atoms with van der Waals surface area (Å²) in [6.45, 7) is 0. The van der Waals surface area contributed by atoms with Gasteiger partial charge in [-0.1, -0.05) is 11.6 Å². The summed E-state index contributed by atoms with van der Waals surface area (Å²) >= 11 is 6.88. The lowest BCUT2D eigenvalue weighted by molar-refractivity contribution is 0.262. The Hall–Kier alpha value is -1.66. The molecule has 0 aliphatic heterocycles. The minimum absolute atomic E-state index is 0.0444. The van der Waals surface area contributed by atoms with Crippen LogP contribution in [0.15, 0.2) is 29.8 Å². The molecule has 0 radical (unpaired) electrons. The Labute approximate surface area is 105 Å². The maximum Gasteiger partial charge on any atom is 0.325 e. The number of nitrogens with zero attached hydrogens (tertiary/aromatic N) is 1. The van der Waals surface area contributed by atoms with Crippen LogP contribution < -0.4 is 10.6 Å². The van der Waals surface area contributed by atoms with Gasteiger partial charge in [0.1, 0.15) is 5.82 Å². The highest BCUT2D eigenvalue weighted by atomic mass is 35.5. The molecule has 17 heavy (non-hydrogen) atoms. The zero-order valence-corrected chi connectivity index (χ0v) is 9.98. The first-order valence-electron chi connectivity index (χ1n) is 4.58. The van der Waals surface area contributed by atoms with Crippen molar-refractivity contribution in [1.82, 2.24) is 4.98 Å². The quantitative estimate of drug-likeness (QED) is 0.877. The molecular formula is C10H7ClFN3OS. The number of nitrogens with one attached hydrogen (secondary N) is 2. The Morgan fingerprint density at radius 2 is 2.24 bits per heavy atom. The zero-order valence-electron chi connectivity index (χ0n) is 8.41. The summed E-state index contributed by atoms with van der Waals surface area (Å²) in [6.07, 6.45) is 1.58. The minimum atomic E-state index is -0.530. The van der Waals surface area contributed by atoms with Crippen LogP contribution in [0.4, 0.5) is 20.0 Å². The maximum atomic E-state index is 12.9. The van der Waals surface area contributed by atoms with Crippen molar-refractivity contribution in [1.29, 1.82) is 0 Å². The molecule has 0 saturated carbocycles. The number of amides is 2. The molecule has 0 spiro atoms. The average Bonchev–Trinajstić information content (AvgIpc) is 2.76. The van der Waals surface area contributed by atoms with E-state index in [-0.39, 0.29) is 5.02 Å². The van der Waals surface area contributed by atoms with E-state index in [1.165, 1.54) is 29.5 Å². The number of halogens is 2. The van der Waals surface area contributed by atoms with E-state index in [0.29, 0.717) is 10.8 Å². The van der Waals surface area contributed by atoms with Crippen LogP contribution in [-0.2, 0) is 0 Å². The van der Waals surface area contributed by atoms with E-state index in [2.05, 4.69) is 15.6 Å². The van der Waals surface area contributed by atoms with Crippen LogP contribution in [-0.4, -0.2) is 11.0 Å². The van der Waals surface area contributed by atoms with E-state index in [4.69, 9.17) is 11.6 Å². The molecule has 1 aromatic carbocycles. The third-order valence-corrected chi connectivity index (χ3v) is 2.81. The standard InChI is InChI=1S/C10H7ClFN3OS/c11-7-5-6(1-2-8(7)12)14-9(16)15-10-13-3-4-17-10/h1-5H,(H2,13,14,15,16). The Kier molecular flexibility index (Phi) is 3.55. The summed E-state index contributed by atoms with van der Waals surface area (Å²) in [4.78, 5) is 15.4. The van der Waals surface area contributed by atoms with Gasteiger partial charge in [0.25, 0.3) is 0 Å². The van der Waals surface area contributed by atoms with Gasteiger partial charge in [-0.2, -0.15) is 0 Å². The molecule has 0 bridgehead atoms. The first-order valence-corrected chi connectivity index (χ1v) is 5.83. The Bertz CT molecular complexity index is 532. The number of benzene rings is 1. The largest absolute Gasteiger partial charge is 0.325 e. The van der Waals surface area contributed by atoms with Gasteiger partial charge in [-0.15, -0.1) is 11.3 Å². The molecule has 0 saturated heterocycles. The number of hydrogen-bond donors (Lipinski definition) is 2. The monoisotopic (exact) mass is 271 g/mol. The van der Waals surface area contributed by atoms with Gasteiger partial charge in [-0.05, 0) is 18.2 Å². The van der Waals surface area contributed by atoms with Crippen molar-refractivity contribution in [2.45, 2.75) is 0 Å². The highest BCUT2D eigenvalue weighted by Gasteiger charge is 2.06. The minimum Gasteiger partial charge on any atom is -0.308 e. The van der Waals surface area contributed by atoms with Gasteiger partial charge in [0.15, 0.2) is 5.13 Å². The van der Waals surface area contributed by atoms with Gasteiger partial charge in [0, 0.05) is 17.3 Å².